The smallest absolute Gasteiger partial charge is 0.295 e. The molecule has 11 nitrogen and oxygen atoms in total. The Labute approximate surface area is 212 Å². The number of amides is 1. The lowest BCUT2D eigenvalue weighted by molar-refractivity contribution is -0.127. The van der Waals surface area contributed by atoms with Crippen molar-refractivity contribution in [3.8, 4) is 11.6 Å². The maximum atomic E-state index is 13.4. The second-order valence-electron chi connectivity index (χ2n) is 9.06. The summed E-state index contributed by atoms with van der Waals surface area (Å²) in [6.45, 7) is 4.65. The maximum Gasteiger partial charge on any atom is 0.295 e. The zero-order valence-corrected chi connectivity index (χ0v) is 20.6. The third-order valence-electron chi connectivity index (χ3n) is 6.90. The first-order valence-electron chi connectivity index (χ1n) is 12.2. The van der Waals surface area contributed by atoms with Crippen LogP contribution in [0, 0.1) is 6.92 Å². The highest BCUT2D eigenvalue weighted by atomic mass is 16.5. The molecule has 0 unspecified atom stereocenters. The lowest BCUT2D eigenvalue weighted by Gasteiger charge is -2.37. The maximum absolute atomic E-state index is 13.4. The van der Waals surface area contributed by atoms with Crippen molar-refractivity contribution < 1.29 is 14.3 Å². The molecule has 0 aliphatic carbocycles. The zero-order chi connectivity index (χ0) is 25.5. The number of piperazine rings is 1. The van der Waals surface area contributed by atoms with Crippen LogP contribution in [-0.2, 0) is 11.2 Å². The number of aliphatic imine (C=N–C) groups is 1. The number of carbonyl (C=O) groups is 2. The number of hydrogen-bond acceptors (Lipinski definition) is 8. The summed E-state index contributed by atoms with van der Waals surface area (Å²) < 4.78 is 7.01. The number of carbonyl (C=O) groups excluding carboxylic acids is 2. The van der Waals surface area contributed by atoms with Crippen LogP contribution in [0.15, 0.2) is 48.0 Å². The van der Waals surface area contributed by atoms with Gasteiger partial charge in [-0.2, -0.15) is 5.10 Å². The fourth-order valence-corrected chi connectivity index (χ4v) is 5.03. The van der Waals surface area contributed by atoms with E-state index in [4.69, 9.17) is 9.73 Å². The topological polar surface area (TPSA) is 122 Å². The third-order valence-corrected chi connectivity index (χ3v) is 6.90. The molecule has 2 aliphatic heterocycles. The van der Waals surface area contributed by atoms with Gasteiger partial charge in [0.25, 0.3) is 11.7 Å². The minimum atomic E-state index is -0.592. The van der Waals surface area contributed by atoms with Crippen molar-refractivity contribution >= 4 is 28.4 Å². The number of pyridine rings is 1. The number of nitrogens with zero attached hydrogens (tertiary/aromatic N) is 7. The van der Waals surface area contributed by atoms with Gasteiger partial charge in [0.1, 0.15) is 23.7 Å². The number of ketones is 1. The minimum absolute atomic E-state index is 0.241. The molecule has 1 aromatic carbocycles. The van der Waals surface area contributed by atoms with E-state index in [1.807, 2.05) is 6.07 Å². The number of methoxy groups -OCH3 is 1. The molecule has 1 N–H and O–H groups in total. The molecule has 1 fully saturated rings. The summed E-state index contributed by atoms with van der Waals surface area (Å²) in [5, 5.41) is 4.81. The highest BCUT2D eigenvalue weighted by Crippen LogP contribution is 2.32. The fourth-order valence-electron chi connectivity index (χ4n) is 5.03. The average Bonchev–Trinajstić information content (AvgIpc) is 3.58. The van der Waals surface area contributed by atoms with Crippen LogP contribution in [0.2, 0.25) is 0 Å². The van der Waals surface area contributed by atoms with E-state index >= 15 is 0 Å². The number of nitrogens with one attached hydrogen (secondary N) is 1. The van der Waals surface area contributed by atoms with E-state index in [9.17, 15) is 9.59 Å². The van der Waals surface area contributed by atoms with Crippen molar-refractivity contribution in [1.29, 1.82) is 0 Å². The van der Waals surface area contributed by atoms with Gasteiger partial charge in [0.15, 0.2) is 5.82 Å². The molecule has 1 saturated heterocycles. The highest BCUT2D eigenvalue weighted by molar-refractivity contribution is 6.45. The van der Waals surface area contributed by atoms with E-state index in [-0.39, 0.29) is 5.56 Å². The minimum Gasteiger partial charge on any atom is -0.494 e. The van der Waals surface area contributed by atoms with Gasteiger partial charge in [0, 0.05) is 44.5 Å². The first-order chi connectivity index (χ1) is 18.0. The van der Waals surface area contributed by atoms with E-state index in [0.29, 0.717) is 54.5 Å². The summed E-state index contributed by atoms with van der Waals surface area (Å²) in [5.41, 5.74) is 3.23. The molecular weight excluding hydrogens is 472 g/mol. The monoisotopic (exact) mass is 498 g/mol. The van der Waals surface area contributed by atoms with Crippen LogP contribution < -0.4 is 4.74 Å². The number of ether oxygens (including phenoxy) is 1. The number of fused-ring (bicyclic) bond motifs is 2. The Balaban J connectivity index is 1.23. The van der Waals surface area contributed by atoms with Gasteiger partial charge in [-0.15, -0.1) is 0 Å². The molecule has 4 aromatic rings. The predicted molar refractivity (Wildman–Crippen MR) is 136 cm³/mol. The second kappa shape index (κ2) is 9.16. The van der Waals surface area contributed by atoms with Crippen LogP contribution >= 0.6 is 0 Å². The Kier molecular flexibility index (Phi) is 5.67. The van der Waals surface area contributed by atoms with Crippen LogP contribution in [0.5, 0.6) is 5.75 Å². The van der Waals surface area contributed by atoms with Crippen LogP contribution in [0.4, 0.5) is 0 Å². The number of aryl methyl sites for hydroxylation is 1. The molecule has 1 amide bonds. The molecule has 0 bridgehead atoms. The molecule has 0 atom stereocenters. The molecule has 0 radical (unpaired) electrons. The van der Waals surface area contributed by atoms with Crippen molar-refractivity contribution in [2.45, 2.75) is 13.3 Å². The number of aromatic nitrogens is 5. The molecule has 5 heterocycles. The van der Waals surface area contributed by atoms with E-state index in [2.05, 4.69) is 43.1 Å². The second-order valence-corrected chi connectivity index (χ2v) is 9.06. The summed E-state index contributed by atoms with van der Waals surface area (Å²) >= 11 is 0. The number of Topliss-reactive ketones (excluding diaryl/α,β-unsaturated/α-hetero) is 1. The normalized spacial score (nSPS) is 15.5. The molecule has 37 heavy (non-hydrogen) atoms. The standard InChI is InChI=1S/C26H26N8O3/c1-16-30-15-34(31-16)25-22-21(20(37-2)14-29-25)19(13-28-22)23(35)26(36)33-11-9-32(10-12-33)24-18-6-4-3-5-17(18)7-8-27-24/h3-6,13-15,28H,7-12H2,1-2H3. The Morgan fingerprint density at radius 2 is 1.89 bits per heavy atom. The molecule has 3 aromatic heterocycles. The number of H-pyrrole nitrogens is 1. The van der Waals surface area contributed by atoms with Crippen LogP contribution in [-0.4, -0.2) is 91.9 Å². The van der Waals surface area contributed by atoms with Crippen molar-refractivity contribution in [1.82, 2.24) is 34.5 Å². The van der Waals surface area contributed by atoms with Gasteiger partial charge < -0.3 is 19.5 Å². The molecule has 6 rings (SSSR count). The van der Waals surface area contributed by atoms with Crippen molar-refractivity contribution in [2.75, 3.05) is 39.8 Å². The number of amidine groups is 1. The summed E-state index contributed by atoms with van der Waals surface area (Å²) in [4.78, 5) is 47.0. The zero-order valence-electron chi connectivity index (χ0n) is 20.6. The average molecular weight is 499 g/mol. The Bertz CT molecular complexity index is 1540. The van der Waals surface area contributed by atoms with Crippen LogP contribution in [0.25, 0.3) is 16.7 Å². The predicted octanol–water partition coefficient (Wildman–Crippen LogP) is 1.79. The van der Waals surface area contributed by atoms with Crippen molar-refractivity contribution in [3.63, 3.8) is 0 Å². The molecule has 0 spiro atoms. The molecule has 0 saturated carbocycles. The first kappa shape index (κ1) is 22.9. The molecule has 188 valence electrons. The Hall–Kier alpha value is -4.54. The largest absolute Gasteiger partial charge is 0.494 e. The van der Waals surface area contributed by atoms with E-state index < -0.39 is 11.7 Å². The van der Waals surface area contributed by atoms with Gasteiger partial charge in [-0.05, 0) is 18.9 Å². The van der Waals surface area contributed by atoms with Crippen molar-refractivity contribution in [3.05, 3.63) is 65.5 Å². The van der Waals surface area contributed by atoms with Gasteiger partial charge in [-0.3, -0.25) is 14.6 Å². The number of aromatic amines is 1. The number of hydrogen-bond donors (Lipinski definition) is 1. The van der Waals surface area contributed by atoms with Crippen LogP contribution in [0.1, 0.15) is 27.3 Å². The summed E-state index contributed by atoms with van der Waals surface area (Å²) in [6, 6.07) is 8.32. The molecule has 2 aliphatic rings. The van der Waals surface area contributed by atoms with E-state index in [1.54, 1.807) is 18.2 Å². The lowest BCUT2D eigenvalue weighted by atomic mass is 10.00. The highest BCUT2D eigenvalue weighted by Gasteiger charge is 2.31. The number of benzene rings is 1. The quantitative estimate of drug-likeness (QED) is 0.336. The van der Waals surface area contributed by atoms with Gasteiger partial charge in [0.2, 0.25) is 0 Å². The molecule has 11 heteroatoms. The Morgan fingerprint density at radius 3 is 2.65 bits per heavy atom. The van der Waals surface area contributed by atoms with Crippen LogP contribution in [0.3, 0.4) is 0 Å². The third kappa shape index (κ3) is 3.92. The van der Waals surface area contributed by atoms with Gasteiger partial charge in [0.05, 0.1) is 29.8 Å². The SMILES string of the molecule is COc1cnc(-n2cnc(C)n2)c2[nH]cc(C(=O)C(=O)N3CCN(C4=NCCc5ccccc54)CC3)c12. The fraction of sp³-hybridized carbons (Fsp3) is 0.308. The van der Waals surface area contributed by atoms with E-state index in [1.165, 1.54) is 29.7 Å². The van der Waals surface area contributed by atoms with Gasteiger partial charge in [-0.25, -0.2) is 14.6 Å². The molecular formula is C26H26N8O3. The number of rotatable bonds is 4. The Morgan fingerprint density at radius 1 is 1.08 bits per heavy atom. The summed E-state index contributed by atoms with van der Waals surface area (Å²) in [7, 11) is 1.50. The first-order valence-corrected chi connectivity index (χ1v) is 12.2. The van der Waals surface area contributed by atoms with Crippen molar-refractivity contribution in [2.24, 2.45) is 4.99 Å². The van der Waals surface area contributed by atoms with E-state index in [0.717, 1.165) is 24.4 Å². The lowest BCUT2D eigenvalue weighted by Crippen LogP contribution is -2.52. The van der Waals surface area contributed by atoms with Gasteiger partial charge >= 0.3 is 0 Å². The van der Waals surface area contributed by atoms with Gasteiger partial charge in [-0.1, -0.05) is 24.3 Å². The summed E-state index contributed by atoms with van der Waals surface area (Å²) in [5.74, 6) is 1.29. The summed E-state index contributed by atoms with van der Waals surface area (Å²) in [6.07, 6.45) is 5.54.